The molecule has 0 aliphatic carbocycles. The first kappa shape index (κ1) is 22.4. The van der Waals surface area contributed by atoms with Gasteiger partial charge in [-0.1, -0.05) is 18.2 Å². The number of nitrogens with one attached hydrogen (secondary N) is 2. The zero-order valence-corrected chi connectivity index (χ0v) is 17.8. The van der Waals surface area contributed by atoms with Crippen molar-refractivity contribution in [1.82, 2.24) is 15.3 Å². The fourth-order valence-electron chi connectivity index (χ4n) is 2.49. The van der Waals surface area contributed by atoms with Crippen LogP contribution in [-0.2, 0) is 0 Å². The van der Waals surface area contributed by atoms with E-state index in [1.165, 1.54) is 0 Å². The average Bonchev–Trinajstić information content (AvgIpc) is 2.59. The van der Waals surface area contributed by atoms with Crippen molar-refractivity contribution in [3.63, 3.8) is 0 Å². The molecule has 142 valence electrons. The molecule has 5 nitrogen and oxygen atoms in total. The Labute approximate surface area is 160 Å². The SMILES string of the molecule is C=CC(C=Nc1cc(P)cc(C(=C)C)c1C(=N)CCN(C)C)N(C)NC. The van der Waals surface area contributed by atoms with Crippen molar-refractivity contribution in [3.05, 3.63) is 42.5 Å². The van der Waals surface area contributed by atoms with Crippen molar-refractivity contribution in [1.29, 1.82) is 5.41 Å². The molecule has 0 heterocycles. The van der Waals surface area contributed by atoms with Gasteiger partial charge in [0, 0.05) is 37.5 Å². The van der Waals surface area contributed by atoms with Crippen molar-refractivity contribution >= 4 is 37.7 Å². The van der Waals surface area contributed by atoms with Crippen molar-refractivity contribution < 1.29 is 0 Å². The summed E-state index contributed by atoms with van der Waals surface area (Å²) >= 11 is 0. The van der Waals surface area contributed by atoms with Gasteiger partial charge >= 0.3 is 0 Å². The molecule has 0 radical (unpaired) electrons. The van der Waals surface area contributed by atoms with Crippen LogP contribution in [0, 0.1) is 5.41 Å². The molecule has 0 bridgehead atoms. The van der Waals surface area contributed by atoms with E-state index < -0.39 is 0 Å². The molecule has 2 atom stereocenters. The maximum absolute atomic E-state index is 8.63. The Hall–Kier alpha value is -1.65. The zero-order chi connectivity index (χ0) is 19.9. The van der Waals surface area contributed by atoms with Gasteiger partial charge in [-0.15, -0.1) is 15.8 Å². The summed E-state index contributed by atoms with van der Waals surface area (Å²) < 4.78 is 0. The lowest BCUT2D eigenvalue weighted by molar-refractivity contribution is 0.259. The molecule has 26 heavy (non-hydrogen) atoms. The summed E-state index contributed by atoms with van der Waals surface area (Å²) in [5, 5.41) is 11.6. The van der Waals surface area contributed by atoms with Crippen LogP contribution in [0.3, 0.4) is 0 Å². The topological polar surface area (TPSA) is 54.7 Å². The third-order valence-electron chi connectivity index (χ3n) is 4.12. The largest absolute Gasteiger partial charge is 0.309 e. The van der Waals surface area contributed by atoms with Gasteiger partial charge in [0.05, 0.1) is 11.7 Å². The summed E-state index contributed by atoms with van der Waals surface area (Å²) in [6, 6.07) is 3.99. The highest BCUT2D eigenvalue weighted by Crippen LogP contribution is 2.28. The van der Waals surface area contributed by atoms with E-state index in [0.717, 1.165) is 34.2 Å². The van der Waals surface area contributed by atoms with Crippen molar-refractivity contribution in [3.8, 4) is 0 Å². The zero-order valence-electron chi connectivity index (χ0n) is 16.6. The van der Waals surface area contributed by atoms with E-state index in [1.54, 1.807) is 0 Å². The third-order valence-corrected chi connectivity index (χ3v) is 4.45. The molecule has 1 aromatic carbocycles. The molecule has 0 spiro atoms. The molecule has 0 amide bonds. The van der Waals surface area contributed by atoms with Gasteiger partial charge in [0.2, 0.25) is 0 Å². The summed E-state index contributed by atoms with van der Waals surface area (Å²) in [7, 11) is 10.5. The molecule has 2 unspecified atom stereocenters. The van der Waals surface area contributed by atoms with Gasteiger partial charge in [0.25, 0.3) is 0 Å². The summed E-state index contributed by atoms with van der Waals surface area (Å²) in [6.45, 7) is 10.8. The number of benzene rings is 1. The number of aliphatic imine (C=N–C) groups is 1. The lowest BCUT2D eigenvalue weighted by Gasteiger charge is -2.21. The Bertz CT molecular complexity index is 694. The summed E-state index contributed by atoms with van der Waals surface area (Å²) in [5.74, 6) is 0. The maximum Gasteiger partial charge on any atom is 0.0770 e. The quantitative estimate of drug-likeness (QED) is 0.287. The maximum atomic E-state index is 8.63. The molecule has 6 heteroatoms. The molecule has 0 saturated carbocycles. The molecular weight excluding hydrogens is 341 g/mol. The standard InChI is InChI=1S/C20H32N5P/c1-8-15(25(7)22-4)13-23-19-12-16(26)11-17(14(2)3)20(19)18(21)9-10-24(5)6/h8,11-13,15,21-22H,1-2,9-10,26H2,3-7H3. The minimum atomic E-state index is -0.0507. The highest BCUT2D eigenvalue weighted by atomic mass is 31.0. The third kappa shape index (κ3) is 6.26. The van der Waals surface area contributed by atoms with Gasteiger partial charge in [-0.2, -0.15) is 0 Å². The molecule has 0 fully saturated rings. The molecule has 1 aromatic rings. The van der Waals surface area contributed by atoms with E-state index >= 15 is 0 Å². The van der Waals surface area contributed by atoms with Crippen LogP contribution in [-0.4, -0.2) is 62.6 Å². The summed E-state index contributed by atoms with van der Waals surface area (Å²) in [5.41, 5.74) is 7.20. The number of hydrogen-bond acceptors (Lipinski definition) is 5. The van der Waals surface area contributed by atoms with E-state index in [9.17, 15) is 0 Å². The van der Waals surface area contributed by atoms with E-state index in [-0.39, 0.29) is 6.04 Å². The van der Waals surface area contributed by atoms with Gasteiger partial charge in [0.15, 0.2) is 0 Å². The Balaban J connectivity index is 3.38. The Morgan fingerprint density at radius 3 is 2.54 bits per heavy atom. The van der Waals surface area contributed by atoms with E-state index in [4.69, 9.17) is 10.4 Å². The Morgan fingerprint density at radius 1 is 1.38 bits per heavy atom. The monoisotopic (exact) mass is 373 g/mol. The van der Waals surface area contributed by atoms with Crippen LogP contribution in [0.2, 0.25) is 0 Å². The molecule has 0 saturated heterocycles. The first-order valence-electron chi connectivity index (χ1n) is 8.60. The first-order chi connectivity index (χ1) is 12.2. The molecular formula is C20H32N5P. The van der Waals surface area contributed by atoms with Crippen molar-refractivity contribution in [2.45, 2.75) is 19.4 Å². The number of likely N-dealkylation sites (N-methyl/N-ethyl adjacent to an activating group) is 1. The number of hydrazine groups is 1. The van der Waals surface area contributed by atoms with Gasteiger partial charge < -0.3 is 10.3 Å². The Morgan fingerprint density at radius 2 is 2.04 bits per heavy atom. The van der Waals surface area contributed by atoms with Crippen LogP contribution in [0.5, 0.6) is 0 Å². The van der Waals surface area contributed by atoms with Crippen LogP contribution >= 0.6 is 9.24 Å². The van der Waals surface area contributed by atoms with Crippen LogP contribution in [0.25, 0.3) is 5.57 Å². The number of rotatable bonds is 10. The van der Waals surface area contributed by atoms with Crippen LogP contribution in [0.15, 0.2) is 36.4 Å². The van der Waals surface area contributed by atoms with Gasteiger partial charge in [-0.25, -0.2) is 5.01 Å². The second kappa shape index (κ2) is 10.5. The minimum Gasteiger partial charge on any atom is -0.309 e. The Kier molecular flexibility index (Phi) is 9.03. The highest BCUT2D eigenvalue weighted by Gasteiger charge is 2.16. The summed E-state index contributed by atoms with van der Waals surface area (Å²) in [4.78, 5) is 6.79. The van der Waals surface area contributed by atoms with E-state index in [2.05, 4.69) is 38.8 Å². The number of allylic oxidation sites excluding steroid dienone is 1. The second-order valence-corrected chi connectivity index (χ2v) is 7.28. The van der Waals surface area contributed by atoms with Crippen LogP contribution < -0.4 is 10.7 Å². The van der Waals surface area contributed by atoms with E-state index in [0.29, 0.717) is 12.1 Å². The van der Waals surface area contributed by atoms with Gasteiger partial charge in [-0.3, -0.25) is 10.4 Å². The van der Waals surface area contributed by atoms with Crippen LogP contribution in [0.1, 0.15) is 24.5 Å². The molecule has 1 rings (SSSR count). The first-order valence-corrected chi connectivity index (χ1v) is 9.17. The molecule has 0 aliphatic heterocycles. The fraction of sp³-hybridized carbons (Fsp3) is 0.400. The average molecular weight is 373 g/mol. The highest BCUT2D eigenvalue weighted by molar-refractivity contribution is 7.27. The smallest absolute Gasteiger partial charge is 0.0770 e. The lowest BCUT2D eigenvalue weighted by atomic mass is 9.95. The van der Waals surface area contributed by atoms with Crippen molar-refractivity contribution in [2.24, 2.45) is 4.99 Å². The van der Waals surface area contributed by atoms with E-state index in [1.807, 2.05) is 58.5 Å². The molecule has 0 aliphatic rings. The molecule has 2 N–H and O–H groups in total. The van der Waals surface area contributed by atoms with Gasteiger partial charge in [0.1, 0.15) is 0 Å². The second-order valence-electron chi connectivity index (χ2n) is 6.61. The summed E-state index contributed by atoms with van der Waals surface area (Å²) in [6.07, 6.45) is 4.32. The number of hydrogen-bond donors (Lipinski definition) is 2. The predicted octanol–water partition coefficient (Wildman–Crippen LogP) is 2.86. The van der Waals surface area contributed by atoms with Crippen molar-refractivity contribution in [2.75, 3.05) is 34.7 Å². The fourth-order valence-corrected chi connectivity index (χ4v) is 2.81. The normalized spacial score (nSPS) is 12.8. The molecule has 0 aromatic heterocycles. The number of nitrogens with zero attached hydrogens (tertiary/aromatic N) is 3. The minimum absolute atomic E-state index is 0.0507. The lowest BCUT2D eigenvalue weighted by Crippen LogP contribution is -2.40. The van der Waals surface area contributed by atoms with Crippen LogP contribution in [0.4, 0.5) is 5.69 Å². The predicted molar refractivity (Wildman–Crippen MR) is 119 cm³/mol. The van der Waals surface area contributed by atoms with Gasteiger partial charge in [-0.05, 0) is 51.1 Å².